The minimum Gasteiger partial charge on any atom is -0.364 e. The third kappa shape index (κ3) is 3.82. The first kappa shape index (κ1) is 14.7. The Morgan fingerprint density at radius 1 is 1.61 bits per heavy atom. The van der Waals surface area contributed by atoms with Crippen LogP contribution >= 0.6 is 12.4 Å². The number of anilines is 1. The monoisotopic (exact) mass is 272 g/mol. The SMILES string of the molecule is Cl.O=[N+]([O-])c1cccnc1NCC1CCCNC1. The van der Waals surface area contributed by atoms with E-state index in [2.05, 4.69) is 15.6 Å². The van der Waals surface area contributed by atoms with E-state index in [1.165, 1.54) is 6.07 Å². The molecule has 1 atom stereocenters. The highest BCUT2D eigenvalue weighted by Gasteiger charge is 2.17. The molecule has 1 aromatic rings. The summed E-state index contributed by atoms with van der Waals surface area (Å²) in [5.41, 5.74) is 0.0382. The Bertz CT molecular complexity index is 396. The minimum atomic E-state index is -0.408. The van der Waals surface area contributed by atoms with E-state index in [-0.39, 0.29) is 18.1 Å². The minimum absolute atomic E-state index is 0. The Morgan fingerprint density at radius 3 is 3.11 bits per heavy atom. The predicted molar refractivity (Wildman–Crippen MR) is 72.2 cm³/mol. The van der Waals surface area contributed by atoms with Crippen LogP contribution in [0.5, 0.6) is 0 Å². The lowest BCUT2D eigenvalue weighted by atomic mass is 10.00. The number of piperidine rings is 1. The maximum atomic E-state index is 10.8. The van der Waals surface area contributed by atoms with Crippen LogP contribution in [0, 0.1) is 16.0 Å². The number of halogens is 1. The highest BCUT2D eigenvalue weighted by molar-refractivity contribution is 5.85. The molecule has 1 aliphatic heterocycles. The summed E-state index contributed by atoms with van der Waals surface area (Å²) in [6, 6.07) is 3.04. The van der Waals surface area contributed by atoms with Gasteiger partial charge in [0.2, 0.25) is 5.82 Å². The standard InChI is InChI=1S/C11H16N4O2.ClH/c16-15(17)10-4-2-6-13-11(10)14-8-9-3-1-5-12-7-9;/h2,4,6,9,12H,1,3,5,7-8H2,(H,13,14);1H. The van der Waals surface area contributed by atoms with Crippen LogP contribution in [0.2, 0.25) is 0 Å². The zero-order chi connectivity index (χ0) is 12.1. The van der Waals surface area contributed by atoms with E-state index in [1.54, 1.807) is 12.3 Å². The number of hydrogen-bond acceptors (Lipinski definition) is 5. The second-order valence-corrected chi connectivity index (χ2v) is 4.22. The van der Waals surface area contributed by atoms with Crippen molar-refractivity contribution in [3.05, 3.63) is 28.4 Å². The fraction of sp³-hybridized carbons (Fsp3) is 0.545. The first-order valence-electron chi connectivity index (χ1n) is 5.81. The molecule has 2 N–H and O–H groups in total. The van der Waals surface area contributed by atoms with Gasteiger partial charge in [0.25, 0.3) is 0 Å². The van der Waals surface area contributed by atoms with Gasteiger partial charge in [-0.05, 0) is 37.9 Å². The van der Waals surface area contributed by atoms with Crippen LogP contribution < -0.4 is 10.6 Å². The van der Waals surface area contributed by atoms with Crippen LogP contribution in [0.4, 0.5) is 11.5 Å². The maximum absolute atomic E-state index is 10.8. The lowest BCUT2D eigenvalue weighted by Gasteiger charge is -2.22. The molecule has 1 aliphatic rings. The maximum Gasteiger partial charge on any atom is 0.311 e. The highest BCUT2D eigenvalue weighted by atomic mass is 35.5. The van der Waals surface area contributed by atoms with Crippen molar-refractivity contribution in [3.8, 4) is 0 Å². The summed E-state index contributed by atoms with van der Waals surface area (Å²) in [6.45, 7) is 2.76. The van der Waals surface area contributed by atoms with Gasteiger partial charge >= 0.3 is 5.69 Å². The predicted octanol–water partition coefficient (Wildman–Crippen LogP) is 1.82. The Balaban J connectivity index is 0.00000162. The van der Waals surface area contributed by atoms with Crippen LogP contribution in [0.25, 0.3) is 0 Å². The average molecular weight is 273 g/mol. The second-order valence-electron chi connectivity index (χ2n) is 4.22. The number of hydrogen-bond donors (Lipinski definition) is 2. The van der Waals surface area contributed by atoms with Gasteiger partial charge in [-0.3, -0.25) is 10.1 Å². The third-order valence-electron chi connectivity index (χ3n) is 2.94. The van der Waals surface area contributed by atoms with E-state index < -0.39 is 4.92 Å². The van der Waals surface area contributed by atoms with E-state index in [9.17, 15) is 10.1 Å². The molecule has 0 saturated carbocycles. The molecule has 2 rings (SSSR count). The average Bonchev–Trinajstić information content (AvgIpc) is 2.38. The van der Waals surface area contributed by atoms with Gasteiger partial charge in [-0.25, -0.2) is 4.98 Å². The van der Waals surface area contributed by atoms with Gasteiger partial charge < -0.3 is 10.6 Å². The quantitative estimate of drug-likeness (QED) is 0.646. The molecule has 18 heavy (non-hydrogen) atoms. The summed E-state index contributed by atoms with van der Waals surface area (Å²) < 4.78 is 0. The van der Waals surface area contributed by atoms with Crippen molar-refractivity contribution in [1.82, 2.24) is 10.3 Å². The fourth-order valence-corrected chi connectivity index (χ4v) is 2.02. The topological polar surface area (TPSA) is 80.1 Å². The number of nitro groups is 1. The van der Waals surface area contributed by atoms with Crippen molar-refractivity contribution in [2.75, 3.05) is 25.0 Å². The molecule has 2 heterocycles. The lowest BCUT2D eigenvalue weighted by Crippen LogP contribution is -2.33. The zero-order valence-electron chi connectivity index (χ0n) is 9.96. The summed E-state index contributed by atoms with van der Waals surface area (Å²) >= 11 is 0. The van der Waals surface area contributed by atoms with Crippen molar-refractivity contribution < 1.29 is 4.92 Å². The van der Waals surface area contributed by atoms with Gasteiger partial charge in [0.15, 0.2) is 0 Å². The normalized spacial score (nSPS) is 18.8. The Hall–Kier alpha value is -1.40. The molecule has 0 bridgehead atoms. The number of rotatable bonds is 4. The lowest BCUT2D eigenvalue weighted by molar-refractivity contribution is -0.384. The Kier molecular flexibility index (Phi) is 5.80. The first-order valence-corrected chi connectivity index (χ1v) is 5.81. The number of aromatic nitrogens is 1. The first-order chi connectivity index (χ1) is 8.27. The summed E-state index contributed by atoms with van der Waals surface area (Å²) in [4.78, 5) is 14.4. The number of nitrogens with zero attached hydrogens (tertiary/aromatic N) is 2. The molecule has 1 aromatic heterocycles. The summed E-state index contributed by atoms with van der Waals surface area (Å²) in [6.07, 6.45) is 3.88. The van der Waals surface area contributed by atoms with E-state index in [0.717, 1.165) is 32.5 Å². The zero-order valence-corrected chi connectivity index (χ0v) is 10.8. The Morgan fingerprint density at radius 2 is 2.44 bits per heavy atom. The molecule has 1 fully saturated rings. The van der Waals surface area contributed by atoms with Gasteiger partial charge in [0.1, 0.15) is 0 Å². The summed E-state index contributed by atoms with van der Waals surface area (Å²) in [5.74, 6) is 0.883. The molecule has 100 valence electrons. The highest BCUT2D eigenvalue weighted by Crippen LogP contribution is 2.21. The van der Waals surface area contributed by atoms with Gasteiger partial charge in [-0.15, -0.1) is 12.4 Å². The molecule has 0 spiro atoms. The summed E-state index contributed by atoms with van der Waals surface area (Å²) in [5, 5.41) is 17.2. The van der Waals surface area contributed by atoms with Crippen LogP contribution in [0.15, 0.2) is 18.3 Å². The molecular weight excluding hydrogens is 256 g/mol. The molecule has 7 heteroatoms. The molecule has 1 unspecified atom stereocenters. The van der Waals surface area contributed by atoms with Gasteiger partial charge in [0, 0.05) is 18.8 Å². The van der Waals surface area contributed by atoms with E-state index in [1.807, 2.05) is 0 Å². The second kappa shape index (κ2) is 7.13. The Labute approximate surface area is 112 Å². The largest absolute Gasteiger partial charge is 0.364 e. The van der Waals surface area contributed by atoms with E-state index in [0.29, 0.717) is 11.7 Å². The molecule has 0 aromatic carbocycles. The van der Waals surface area contributed by atoms with Gasteiger partial charge in [-0.1, -0.05) is 0 Å². The molecule has 0 radical (unpaired) electrons. The van der Waals surface area contributed by atoms with Crippen LogP contribution in [-0.4, -0.2) is 29.5 Å². The van der Waals surface area contributed by atoms with Crippen molar-refractivity contribution >= 4 is 23.9 Å². The fourth-order valence-electron chi connectivity index (χ4n) is 2.02. The molecule has 0 amide bonds. The number of nitrogens with one attached hydrogen (secondary N) is 2. The van der Waals surface area contributed by atoms with Crippen molar-refractivity contribution in [2.45, 2.75) is 12.8 Å². The third-order valence-corrected chi connectivity index (χ3v) is 2.94. The molecule has 6 nitrogen and oxygen atoms in total. The smallest absolute Gasteiger partial charge is 0.311 e. The van der Waals surface area contributed by atoms with Crippen LogP contribution in [0.3, 0.4) is 0 Å². The summed E-state index contributed by atoms with van der Waals surface area (Å²) in [7, 11) is 0. The van der Waals surface area contributed by atoms with E-state index >= 15 is 0 Å². The van der Waals surface area contributed by atoms with Crippen molar-refractivity contribution in [3.63, 3.8) is 0 Å². The van der Waals surface area contributed by atoms with Crippen molar-refractivity contribution in [2.24, 2.45) is 5.92 Å². The number of pyridine rings is 1. The molecular formula is C11H17ClN4O2. The van der Waals surface area contributed by atoms with Gasteiger partial charge in [-0.2, -0.15) is 0 Å². The van der Waals surface area contributed by atoms with Crippen LogP contribution in [0.1, 0.15) is 12.8 Å². The molecule has 0 aliphatic carbocycles. The van der Waals surface area contributed by atoms with Crippen LogP contribution in [-0.2, 0) is 0 Å². The molecule has 1 saturated heterocycles. The van der Waals surface area contributed by atoms with E-state index in [4.69, 9.17) is 0 Å². The van der Waals surface area contributed by atoms with Crippen molar-refractivity contribution in [1.29, 1.82) is 0 Å². The van der Waals surface area contributed by atoms with Gasteiger partial charge in [0.05, 0.1) is 4.92 Å².